The van der Waals surface area contributed by atoms with Gasteiger partial charge >= 0.3 is 0 Å². The van der Waals surface area contributed by atoms with Gasteiger partial charge in [0, 0.05) is 6.54 Å². The minimum Gasteiger partial charge on any atom is -0.364 e. The molecule has 1 amide bonds. The van der Waals surface area contributed by atoms with Crippen LogP contribution in [0.1, 0.15) is 21.6 Å². The van der Waals surface area contributed by atoms with Gasteiger partial charge in [-0.1, -0.05) is 17.3 Å². The number of rotatable bonds is 4. The topological polar surface area (TPSA) is 55.1 Å². The summed E-state index contributed by atoms with van der Waals surface area (Å²) >= 11 is 0. The van der Waals surface area contributed by atoms with E-state index in [1.54, 1.807) is 19.1 Å². The van der Waals surface area contributed by atoms with Gasteiger partial charge in [-0.25, -0.2) is 4.39 Å². The molecule has 1 aromatic heterocycles. The van der Waals surface area contributed by atoms with E-state index in [4.69, 9.17) is 4.52 Å². The van der Waals surface area contributed by atoms with Crippen LogP contribution >= 0.6 is 0 Å². The van der Waals surface area contributed by atoms with E-state index in [0.717, 1.165) is 5.56 Å². The Bertz CT molecular complexity index is 534. The number of nitrogens with zero attached hydrogens (tertiary/aromatic N) is 1. The standard InChI is InChI=1S/C13H13FN2O2/c1-9-12(8-18-16-9)13(17)15-7-6-10-2-4-11(14)5-3-10/h2-5,8H,6-7H2,1H3,(H,15,17). The Hall–Kier alpha value is -2.17. The van der Waals surface area contributed by atoms with Gasteiger partial charge in [-0.15, -0.1) is 0 Å². The van der Waals surface area contributed by atoms with Crippen LogP contribution in [0.3, 0.4) is 0 Å². The number of aromatic nitrogens is 1. The Kier molecular flexibility index (Phi) is 3.72. The summed E-state index contributed by atoms with van der Waals surface area (Å²) in [6.45, 7) is 2.19. The first-order valence-electron chi connectivity index (χ1n) is 5.60. The summed E-state index contributed by atoms with van der Waals surface area (Å²) in [6.07, 6.45) is 1.97. The van der Waals surface area contributed by atoms with Gasteiger partial charge in [0.25, 0.3) is 5.91 Å². The molecule has 0 saturated carbocycles. The van der Waals surface area contributed by atoms with Gasteiger partial charge in [-0.3, -0.25) is 4.79 Å². The van der Waals surface area contributed by atoms with Crippen LogP contribution in [0.4, 0.5) is 4.39 Å². The fourth-order valence-electron chi connectivity index (χ4n) is 1.58. The monoisotopic (exact) mass is 248 g/mol. The average molecular weight is 248 g/mol. The van der Waals surface area contributed by atoms with Crippen LogP contribution in [-0.2, 0) is 6.42 Å². The zero-order valence-electron chi connectivity index (χ0n) is 9.94. The van der Waals surface area contributed by atoms with Crippen molar-refractivity contribution < 1.29 is 13.7 Å². The molecule has 0 spiro atoms. The molecule has 0 saturated heterocycles. The van der Waals surface area contributed by atoms with E-state index in [1.165, 1.54) is 18.4 Å². The molecule has 2 aromatic rings. The molecule has 1 aromatic carbocycles. The van der Waals surface area contributed by atoms with Gasteiger partial charge in [0.05, 0.1) is 5.69 Å². The van der Waals surface area contributed by atoms with E-state index in [0.29, 0.717) is 24.2 Å². The third-order valence-electron chi connectivity index (χ3n) is 2.61. The van der Waals surface area contributed by atoms with Crippen molar-refractivity contribution in [1.29, 1.82) is 0 Å². The fraction of sp³-hybridized carbons (Fsp3) is 0.231. The van der Waals surface area contributed by atoms with Crippen molar-refractivity contribution in [3.8, 4) is 0 Å². The van der Waals surface area contributed by atoms with Crippen LogP contribution in [0.5, 0.6) is 0 Å². The summed E-state index contributed by atoms with van der Waals surface area (Å²) in [7, 11) is 0. The predicted octanol–water partition coefficient (Wildman–Crippen LogP) is 2.09. The zero-order valence-corrected chi connectivity index (χ0v) is 9.94. The summed E-state index contributed by atoms with van der Waals surface area (Å²) in [6, 6.07) is 6.21. The fourth-order valence-corrected chi connectivity index (χ4v) is 1.58. The maximum absolute atomic E-state index is 12.7. The zero-order chi connectivity index (χ0) is 13.0. The largest absolute Gasteiger partial charge is 0.364 e. The SMILES string of the molecule is Cc1nocc1C(=O)NCCc1ccc(F)cc1. The van der Waals surface area contributed by atoms with Gasteiger partial charge in [0.1, 0.15) is 17.6 Å². The molecule has 18 heavy (non-hydrogen) atoms. The van der Waals surface area contributed by atoms with Crippen LogP contribution in [-0.4, -0.2) is 17.6 Å². The van der Waals surface area contributed by atoms with Crippen molar-refractivity contribution in [2.75, 3.05) is 6.54 Å². The van der Waals surface area contributed by atoms with E-state index >= 15 is 0 Å². The van der Waals surface area contributed by atoms with Crippen molar-refractivity contribution >= 4 is 5.91 Å². The second-order valence-electron chi connectivity index (χ2n) is 3.95. The molecule has 0 unspecified atom stereocenters. The molecule has 4 nitrogen and oxygen atoms in total. The van der Waals surface area contributed by atoms with Gasteiger partial charge in [-0.05, 0) is 31.0 Å². The first-order valence-corrected chi connectivity index (χ1v) is 5.60. The van der Waals surface area contributed by atoms with E-state index in [-0.39, 0.29) is 11.7 Å². The molecule has 0 atom stereocenters. The summed E-state index contributed by atoms with van der Waals surface area (Å²) in [5.74, 6) is -0.473. The van der Waals surface area contributed by atoms with Crippen LogP contribution < -0.4 is 5.32 Å². The highest BCUT2D eigenvalue weighted by atomic mass is 19.1. The minimum absolute atomic E-state index is 0.212. The molecule has 1 heterocycles. The second-order valence-corrected chi connectivity index (χ2v) is 3.95. The highest BCUT2D eigenvalue weighted by molar-refractivity contribution is 5.94. The van der Waals surface area contributed by atoms with Crippen molar-refractivity contribution in [1.82, 2.24) is 10.5 Å². The molecular weight excluding hydrogens is 235 g/mol. The molecule has 0 radical (unpaired) electrons. The van der Waals surface area contributed by atoms with E-state index in [1.807, 2.05) is 0 Å². The highest BCUT2D eigenvalue weighted by Crippen LogP contribution is 2.05. The molecule has 0 aliphatic rings. The third-order valence-corrected chi connectivity index (χ3v) is 2.61. The van der Waals surface area contributed by atoms with Gasteiger partial charge < -0.3 is 9.84 Å². The molecular formula is C13H13FN2O2. The van der Waals surface area contributed by atoms with Crippen LogP contribution in [0, 0.1) is 12.7 Å². The third kappa shape index (κ3) is 2.94. The Morgan fingerprint density at radius 1 is 1.39 bits per heavy atom. The van der Waals surface area contributed by atoms with Crippen molar-refractivity contribution in [3.63, 3.8) is 0 Å². The Morgan fingerprint density at radius 3 is 2.72 bits per heavy atom. The number of amides is 1. The molecule has 94 valence electrons. The average Bonchev–Trinajstić information content (AvgIpc) is 2.78. The number of aryl methyl sites for hydroxylation is 1. The van der Waals surface area contributed by atoms with Crippen molar-refractivity contribution in [2.45, 2.75) is 13.3 Å². The smallest absolute Gasteiger partial charge is 0.256 e. The first-order chi connectivity index (χ1) is 8.66. The number of halogens is 1. The van der Waals surface area contributed by atoms with Crippen LogP contribution in [0.15, 0.2) is 35.1 Å². The van der Waals surface area contributed by atoms with Gasteiger partial charge in [0.2, 0.25) is 0 Å². The molecule has 2 rings (SSSR count). The molecule has 1 N–H and O–H groups in total. The van der Waals surface area contributed by atoms with Crippen molar-refractivity contribution in [3.05, 3.63) is 53.2 Å². The second kappa shape index (κ2) is 5.44. The lowest BCUT2D eigenvalue weighted by molar-refractivity contribution is 0.0953. The highest BCUT2D eigenvalue weighted by Gasteiger charge is 2.11. The van der Waals surface area contributed by atoms with E-state index in [9.17, 15) is 9.18 Å². The summed E-state index contributed by atoms with van der Waals surface area (Å²) in [4.78, 5) is 11.7. The summed E-state index contributed by atoms with van der Waals surface area (Å²) in [5.41, 5.74) is 1.97. The Morgan fingerprint density at radius 2 is 2.11 bits per heavy atom. The van der Waals surface area contributed by atoms with E-state index < -0.39 is 0 Å². The lowest BCUT2D eigenvalue weighted by Gasteiger charge is -2.04. The number of hydrogen-bond acceptors (Lipinski definition) is 3. The lowest BCUT2D eigenvalue weighted by Crippen LogP contribution is -2.25. The summed E-state index contributed by atoms with van der Waals surface area (Å²) < 4.78 is 17.4. The Labute approximate surface area is 104 Å². The summed E-state index contributed by atoms with van der Waals surface area (Å²) in [5, 5.41) is 6.39. The lowest BCUT2D eigenvalue weighted by atomic mass is 10.1. The predicted molar refractivity (Wildman–Crippen MR) is 63.7 cm³/mol. The molecule has 5 heteroatoms. The Balaban J connectivity index is 1.84. The van der Waals surface area contributed by atoms with Gasteiger partial charge in [-0.2, -0.15) is 0 Å². The maximum Gasteiger partial charge on any atom is 0.256 e. The minimum atomic E-state index is -0.261. The number of carbonyl (C=O) groups is 1. The first kappa shape index (κ1) is 12.3. The van der Waals surface area contributed by atoms with Crippen LogP contribution in [0.25, 0.3) is 0 Å². The number of nitrogens with one attached hydrogen (secondary N) is 1. The number of benzene rings is 1. The quantitative estimate of drug-likeness (QED) is 0.901. The van der Waals surface area contributed by atoms with E-state index in [2.05, 4.69) is 10.5 Å². The molecule has 0 bridgehead atoms. The number of carbonyl (C=O) groups excluding carboxylic acids is 1. The van der Waals surface area contributed by atoms with Crippen molar-refractivity contribution in [2.24, 2.45) is 0 Å². The molecule has 0 aliphatic carbocycles. The molecule has 0 aliphatic heterocycles. The number of hydrogen-bond donors (Lipinski definition) is 1. The maximum atomic E-state index is 12.7. The molecule has 0 fully saturated rings. The normalized spacial score (nSPS) is 10.3. The van der Waals surface area contributed by atoms with Crippen LogP contribution in [0.2, 0.25) is 0 Å². The van der Waals surface area contributed by atoms with Gasteiger partial charge in [0.15, 0.2) is 0 Å².